The minimum atomic E-state index is -0.501. The number of rotatable bonds is 4. The summed E-state index contributed by atoms with van der Waals surface area (Å²) in [6.45, 7) is 9.00. The number of Topliss-reactive ketones (excluding diaryl/α,β-unsaturated/α-hetero) is 1. The second-order valence-corrected chi connectivity index (χ2v) is 4.64. The van der Waals surface area contributed by atoms with Crippen LogP contribution in [0.2, 0.25) is 0 Å². The predicted octanol–water partition coefficient (Wildman–Crippen LogP) is 2.27. The van der Waals surface area contributed by atoms with E-state index in [-0.39, 0.29) is 11.8 Å². The highest BCUT2D eigenvalue weighted by molar-refractivity contribution is 5.79. The van der Waals surface area contributed by atoms with Gasteiger partial charge in [-0.3, -0.25) is 4.79 Å². The topological polar surface area (TPSA) is 55.4 Å². The van der Waals surface area contributed by atoms with Crippen molar-refractivity contribution >= 4 is 11.9 Å². The molecule has 0 saturated heterocycles. The molecule has 4 heteroatoms. The molecule has 4 nitrogen and oxygen atoms in total. The Labute approximate surface area is 91.4 Å². The molecule has 1 N–H and O–H groups in total. The Bertz CT molecular complexity index is 230. The standard InChI is InChI=1S/C11H21NO3/c1-6-9(13)7-8(2)12-10(14)15-11(3,4)5/h8H,6-7H2,1-5H3,(H,12,14)/t8-/m1/s1. The highest BCUT2D eigenvalue weighted by Gasteiger charge is 2.18. The summed E-state index contributed by atoms with van der Waals surface area (Å²) in [6, 6.07) is -0.174. The van der Waals surface area contributed by atoms with E-state index in [9.17, 15) is 9.59 Å². The van der Waals surface area contributed by atoms with E-state index in [2.05, 4.69) is 5.32 Å². The molecule has 0 aromatic rings. The molecule has 88 valence electrons. The number of amides is 1. The first kappa shape index (κ1) is 13.9. The molecule has 0 aliphatic rings. The Kier molecular flexibility index (Phi) is 5.33. The lowest BCUT2D eigenvalue weighted by molar-refractivity contribution is -0.119. The molecule has 0 saturated carbocycles. The maximum Gasteiger partial charge on any atom is 0.407 e. The monoisotopic (exact) mass is 215 g/mol. The molecular formula is C11H21NO3. The average Bonchev–Trinajstić information content (AvgIpc) is 1.99. The average molecular weight is 215 g/mol. The molecule has 0 bridgehead atoms. The number of carbonyl (C=O) groups is 2. The summed E-state index contributed by atoms with van der Waals surface area (Å²) in [4.78, 5) is 22.4. The van der Waals surface area contributed by atoms with Crippen LogP contribution in [0, 0.1) is 0 Å². The number of ketones is 1. The zero-order valence-corrected chi connectivity index (χ0v) is 10.2. The fourth-order valence-electron chi connectivity index (χ4n) is 1.05. The number of hydrogen-bond donors (Lipinski definition) is 1. The van der Waals surface area contributed by atoms with Gasteiger partial charge in [0.05, 0.1) is 0 Å². The largest absolute Gasteiger partial charge is 0.444 e. The Morgan fingerprint density at radius 1 is 1.33 bits per heavy atom. The van der Waals surface area contributed by atoms with Gasteiger partial charge >= 0.3 is 6.09 Å². The van der Waals surface area contributed by atoms with E-state index in [0.29, 0.717) is 12.8 Å². The predicted molar refractivity (Wildman–Crippen MR) is 58.7 cm³/mol. The molecule has 0 unspecified atom stereocenters. The van der Waals surface area contributed by atoms with Gasteiger partial charge in [-0.15, -0.1) is 0 Å². The van der Waals surface area contributed by atoms with Crippen LogP contribution in [0.3, 0.4) is 0 Å². The van der Waals surface area contributed by atoms with Gasteiger partial charge in [-0.2, -0.15) is 0 Å². The second kappa shape index (κ2) is 5.73. The summed E-state index contributed by atoms with van der Waals surface area (Å²) in [5.74, 6) is 0.138. The maximum absolute atomic E-state index is 11.3. The number of hydrogen-bond acceptors (Lipinski definition) is 3. The zero-order valence-electron chi connectivity index (χ0n) is 10.2. The molecular weight excluding hydrogens is 194 g/mol. The van der Waals surface area contributed by atoms with Gasteiger partial charge in [0.1, 0.15) is 11.4 Å². The van der Waals surface area contributed by atoms with Gasteiger partial charge in [0.15, 0.2) is 0 Å². The summed E-state index contributed by atoms with van der Waals surface area (Å²) >= 11 is 0. The van der Waals surface area contributed by atoms with Crippen molar-refractivity contribution in [1.29, 1.82) is 0 Å². The van der Waals surface area contributed by atoms with E-state index in [1.807, 2.05) is 6.92 Å². The van der Waals surface area contributed by atoms with Gasteiger partial charge in [0.2, 0.25) is 0 Å². The van der Waals surface area contributed by atoms with Crippen molar-refractivity contribution in [3.05, 3.63) is 0 Å². The van der Waals surface area contributed by atoms with Crippen LogP contribution >= 0.6 is 0 Å². The second-order valence-electron chi connectivity index (χ2n) is 4.64. The van der Waals surface area contributed by atoms with Crippen molar-refractivity contribution in [3.8, 4) is 0 Å². The molecule has 0 aliphatic carbocycles. The Balaban J connectivity index is 3.92. The summed E-state index contributed by atoms with van der Waals surface area (Å²) in [5.41, 5.74) is -0.501. The molecule has 15 heavy (non-hydrogen) atoms. The summed E-state index contributed by atoms with van der Waals surface area (Å²) in [6.07, 6.45) is 0.384. The molecule has 0 fully saturated rings. The third kappa shape index (κ3) is 7.97. The Hall–Kier alpha value is -1.06. The van der Waals surface area contributed by atoms with Crippen LogP contribution < -0.4 is 5.32 Å². The van der Waals surface area contributed by atoms with Crippen molar-refractivity contribution in [2.75, 3.05) is 0 Å². The first-order valence-electron chi connectivity index (χ1n) is 5.25. The molecule has 0 aromatic heterocycles. The van der Waals surface area contributed by atoms with Crippen molar-refractivity contribution < 1.29 is 14.3 Å². The van der Waals surface area contributed by atoms with Gasteiger partial charge in [0, 0.05) is 18.9 Å². The minimum Gasteiger partial charge on any atom is -0.444 e. The lowest BCUT2D eigenvalue weighted by Gasteiger charge is -2.21. The van der Waals surface area contributed by atoms with E-state index in [1.54, 1.807) is 27.7 Å². The normalized spacial score (nSPS) is 13.1. The maximum atomic E-state index is 11.3. The van der Waals surface area contributed by atoms with Gasteiger partial charge in [-0.1, -0.05) is 6.92 Å². The Morgan fingerprint density at radius 2 is 1.87 bits per heavy atom. The molecule has 1 atom stereocenters. The van der Waals surface area contributed by atoms with Gasteiger partial charge in [-0.05, 0) is 27.7 Å². The zero-order chi connectivity index (χ0) is 12.1. The summed E-state index contributed by atoms with van der Waals surface area (Å²) < 4.78 is 5.06. The van der Waals surface area contributed by atoms with E-state index in [1.165, 1.54) is 0 Å². The molecule has 0 spiro atoms. The molecule has 0 radical (unpaired) electrons. The first-order chi connectivity index (χ1) is 6.74. The first-order valence-corrected chi connectivity index (χ1v) is 5.25. The third-order valence-electron chi connectivity index (χ3n) is 1.69. The molecule has 0 aliphatic heterocycles. The number of alkyl carbamates (subject to hydrolysis) is 1. The minimum absolute atomic E-state index is 0.138. The molecule has 0 aromatic carbocycles. The fourth-order valence-corrected chi connectivity index (χ4v) is 1.05. The molecule has 1 amide bonds. The van der Waals surface area contributed by atoms with Crippen LogP contribution in [-0.4, -0.2) is 23.5 Å². The van der Waals surface area contributed by atoms with E-state index >= 15 is 0 Å². The Morgan fingerprint density at radius 3 is 2.27 bits per heavy atom. The quantitative estimate of drug-likeness (QED) is 0.782. The fraction of sp³-hybridized carbons (Fsp3) is 0.818. The van der Waals surface area contributed by atoms with Gasteiger partial charge in [-0.25, -0.2) is 4.79 Å². The lowest BCUT2D eigenvalue weighted by Crippen LogP contribution is -2.38. The molecule has 0 heterocycles. The summed E-state index contributed by atoms with van der Waals surface area (Å²) in [7, 11) is 0. The van der Waals surface area contributed by atoms with Gasteiger partial charge < -0.3 is 10.1 Å². The van der Waals surface area contributed by atoms with Crippen molar-refractivity contribution in [3.63, 3.8) is 0 Å². The van der Waals surface area contributed by atoms with Gasteiger partial charge in [0.25, 0.3) is 0 Å². The number of carbonyl (C=O) groups excluding carboxylic acids is 2. The number of ether oxygens (including phenoxy) is 1. The molecule has 0 rings (SSSR count). The van der Waals surface area contributed by atoms with Crippen molar-refractivity contribution in [2.45, 2.75) is 59.1 Å². The van der Waals surface area contributed by atoms with Crippen LogP contribution in [-0.2, 0) is 9.53 Å². The van der Waals surface area contributed by atoms with Crippen LogP contribution in [0.5, 0.6) is 0 Å². The lowest BCUT2D eigenvalue weighted by atomic mass is 10.1. The van der Waals surface area contributed by atoms with E-state index in [4.69, 9.17) is 4.74 Å². The van der Waals surface area contributed by atoms with Crippen LogP contribution in [0.1, 0.15) is 47.5 Å². The number of nitrogens with one attached hydrogen (secondary N) is 1. The van der Waals surface area contributed by atoms with E-state index in [0.717, 1.165) is 0 Å². The highest BCUT2D eigenvalue weighted by atomic mass is 16.6. The smallest absolute Gasteiger partial charge is 0.407 e. The highest BCUT2D eigenvalue weighted by Crippen LogP contribution is 2.07. The SMILES string of the molecule is CCC(=O)C[C@@H](C)NC(=O)OC(C)(C)C. The van der Waals surface area contributed by atoms with E-state index < -0.39 is 11.7 Å². The van der Waals surface area contributed by atoms with Crippen LogP contribution in [0.25, 0.3) is 0 Å². The van der Waals surface area contributed by atoms with Crippen molar-refractivity contribution in [2.24, 2.45) is 0 Å². The van der Waals surface area contributed by atoms with Crippen molar-refractivity contribution in [1.82, 2.24) is 5.32 Å². The summed E-state index contributed by atoms with van der Waals surface area (Å²) in [5, 5.41) is 2.62. The third-order valence-corrected chi connectivity index (χ3v) is 1.69. The van der Waals surface area contributed by atoms with Crippen LogP contribution in [0.15, 0.2) is 0 Å². The van der Waals surface area contributed by atoms with Crippen LogP contribution in [0.4, 0.5) is 4.79 Å².